The number of nitrogens with two attached hydrogens (primary N) is 1. The summed E-state index contributed by atoms with van der Waals surface area (Å²) in [7, 11) is 0. The van der Waals surface area contributed by atoms with Crippen molar-refractivity contribution in [3.8, 4) is 0 Å². The van der Waals surface area contributed by atoms with Gasteiger partial charge in [-0.05, 0) is 46.8 Å². The first-order valence-electron chi connectivity index (χ1n) is 5.93. The summed E-state index contributed by atoms with van der Waals surface area (Å²) in [5.74, 6) is 0. The molecule has 0 saturated carbocycles. The molecule has 1 aliphatic heterocycles. The van der Waals surface area contributed by atoms with Gasteiger partial charge in [0.2, 0.25) is 0 Å². The van der Waals surface area contributed by atoms with Crippen LogP contribution in [0.15, 0.2) is 33.7 Å². The van der Waals surface area contributed by atoms with E-state index in [4.69, 9.17) is 5.73 Å². The highest BCUT2D eigenvalue weighted by Gasteiger charge is 2.18. The van der Waals surface area contributed by atoms with E-state index in [0.29, 0.717) is 0 Å². The van der Waals surface area contributed by atoms with E-state index in [-0.39, 0.29) is 0 Å². The zero-order valence-electron chi connectivity index (χ0n) is 10.1. The predicted molar refractivity (Wildman–Crippen MR) is 83.8 cm³/mol. The summed E-state index contributed by atoms with van der Waals surface area (Å²) in [6.07, 6.45) is 7.40. The Morgan fingerprint density at radius 3 is 2.94 bits per heavy atom. The van der Waals surface area contributed by atoms with E-state index in [1.54, 1.807) is 0 Å². The fraction of sp³-hybridized carbons (Fsp3) is 0.286. The van der Waals surface area contributed by atoms with Gasteiger partial charge in [-0.25, -0.2) is 0 Å². The Hall–Kier alpha value is -0.740. The maximum absolute atomic E-state index is 6.09. The van der Waals surface area contributed by atoms with E-state index in [9.17, 15) is 0 Å². The molecule has 2 N–H and O–H groups in total. The van der Waals surface area contributed by atoms with Gasteiger partial charge in [0.1, 0.15) is 6.54 Å². The molecule has 1 fully saturated rings. The predicted octanol–water partition coefficient (Wildman–Crippen LogP) is 4.13. The number of halogens is 2. The van der Waals surface area contributed by atoms with Crippen LogP contribution in [0.1, 0.15) is 24.8 Å². The molecular weight excluding hydrogens is 356 g/mol. The van der Waals surface area contributed by atoms with Crippen molar-refractivity contribution in [2.75, 3.05) is 12.3 Å². The van der Waals surface area contributed by atoms with Crippen molar-refractivity contribution >= 4 is 43.8 Å². The van der Waals surface area contributed by atoms with Crippen LogP contribution in [-0.4, -0.2) is 17.3 Å². The van der Waals surface area contributed by atoms with E-state index >= 15 is 0 Å². The van der Waals surface area contributed by atoms with Crippen LogP contribution in [0.4, 0.5) is 5.69 Å². The van der Waals surface area contributed by atoms with Gasteiger partial charge < -0.3 is 10.3 Å². The molecule has 0 amide bonds. The minimum Gasteiger partial charge on any atom is -0.398 e. The fourth-order valence-electron chi connectivity index (χ4n) is 2.18. The van der Waals surface area contributed by atoms with E-state index in [0.717, 1.165) is 39.6 Å². The van der Waals surface area contributed by atoms with E-state index < -0.39 is 0 Å². The second kappa shape index (κ2) is 5.93. The number of benzene rings is 1. The molecule has 18 heavy (non-hydrogen) atoms. The monoisotopic (exact) mass is 370 g/mol. The molecule has 2 nitrogen and oxygen atoms in total. The number of anilines is 1. The third kappa shape index (κ3) is 2.98. The minimum atomic E-state index is 0.781. The van der Waals surface area contributed by atoms with Gasteiger partial charge in [0.05, 0.1) is 0 Å². The number of nitrogens with zero attached hydrogens (tertiary/aromatic N) is 1. The molecule has 2 rings (SSSR count). The Labute approximate surface area is 125 Å². The molecule has 1 aliphatic rings. The number of rotatable bonds is 3. The van der Waals surface area contributed by atoms with Crippen LogP contribution < -0.4 is 5.73 Å². The van der Waals surface area contributed by atoms with Gasteiger partial charge in [0, 0.05) is 26.9 Å². The van der Waals surface area contributed by atoms with Gasteiger partial charge in [0.15, 0.2) is 0 Å². The Bertz CT molecular complexity index is 495. The second-order valence-electron chi connectivity index (χ2n) is 4.38. The lowest BCUT2D eigenvalue weighted by molar-refractivity contribution is -0.490. The van der Waals surface area contributed by atoms with Crippen molar-refractivity contribution in [3.05, 3.63) is 45.3 Å². The molecule has 0 atom stereocenters. The van der Waals surface area contributed by atoms with Crippen LogP contribution in [0.3, 0.4) is 0 Å². The molecule has 0 spiro atoms. The molecule has 4 heteroatoms. The van der Waals surface area contributed by atoms with Gasteiger partial charge in [-0.3, -0.25) is 0 Å². The highest BCUT2D eigenvalue weighted by Crippen LogP contribution is 2.29. The largest absolute Gasteiger partial charge is 0.398 e. The van der Waals surface area contributed by atoms with Crippen molar-refractivity contribution in [1.29, 1.82) is 0 Å². The smallest absolute Gasteiger partial charge is 0.115 e. The van der Waals surface area contributed by atoms with Gasteiger partial charge >= 0.3 is 0 Å². The molecule has 1 saturated heterocycles. The average Bonchev–Trinajstić information content (AvgIpc) is 2.73. The maximum Gasteiger partial charge on any atom is 0.115 e. The highest BCUT2D eigenvalue weighted by molar-refractivity contribution is 9.11. The van der Waals surface area contributed by atoms with Crippen LogP contribution in [-0.2, 0) is 0 Å². The van der Waals surface area contributed by atoms with Gasteiger partial charge in [0.25, 0.3) is 0 Å². The van der Waals surface area contributed by atoms with Crippen molar-refractivity contribution in [2.24, 2.45) is 0 Å². The second-order valence-corrected chi connectivity index (χ2v) is 6.15. The summed E-state index contributed by atoms with van der Waals surface area (Å²) >= 11 is 6.97. The molecule has 0 unspecified atom stereocenters. The molecule has 0 aliphatic carbocycles. The van der Waals surface area contributed by atoms with Gasteiger partial charge in [-0.15, -0.1) is 6.58 Å². The molecule has 0 radical (unpaired) electrons. The van der Waals surface area contributed by atoms with Gasteiger partial charge in [-0.2, -0.15) is 0 Å². The van der Waals surface area contributed by atoms with Crippen LogP contribution in [0.5, 0.6) is 0 Å². The third-order valence-corrected chi connectivity index (χ3v) is 4.19. The van der Waals surface area contributed by atoms with Crippen LogP contribution >= 0.6 is 31.9 Å². The number of hydrogen-bond acceptors (Lipinski definition) is 1. The molecule has 1 aromatic rings. The first kappa shape index (κ1) is 13.7. The standard InChI is InChI=1S/C14H16Br2N2/c1-2-4-12-5-3-6-18(12)9-10-7-11(15)8-13(16)14(10)17/h2,7-9H,1,3-6,17H2. The summed E-state index contributed by atoms with van der Waals surface area (Å²) in [4.78, 5) is 0. The molecule has 0 bridgehead atoms. The van der Waals surface area contributed by atoms with Crippen molar-refractivity contribution in [2.45, 2.75) is 19.3 Å². The first-order valence-corrected chi connectivity index (χ1v) is 7.52. The SMILES string of the molecule is C=CC[C-]1CCC[N+]1=Cc1cc(Br)cc(Br)c1N. The lowest BCUT2D eigenvalue weighted by Crippen LogP contribution is -2.14. The Morgan fingerprint density at radius 2 is 2.22 bits per heavy atom. The average molecular weight is 372 g/mol. The maximum atomic E-state index is 6.09. The van der Waals surface area contributed by atoms with E-state index in [1.165, 1.54) is 12.5 Å². The Kier molecular flexibility index (Phi) is 4.51. The van der Waals surface area contributed by atoms with Crippen LogP contribution in [0, 0.1) is 6.04 Å². The van der Waals surface area contributed by atoms with E-state index in [1.807, 2.05) is 18.2 Å². The van der Waals surface area contributed by atoms with Crippen molar-refractivity contribution in [3.63, 3.8) is 0 Å². The molecule has 0 aromatic heterocycles. The summed E-state index contributed by atoms with van der Waals surface area (Å²) in [5, 5.41) is 0. The first-order chi connectivity index (χ1) is 8.61. The molecule has 1 heterocycles. The van der Waals surface area contributed by atoms with Crippen LogP contribution in [0.2, 0.25) is 0 Å². The quantitative estimate of drug-likeness (QED) is 0.368. The summed E-state index contributed by atoms with van der Waals surface area (Å²) in [6, 6.07) is 5.43. The number of nitrogen functional groups attached to an aromatic ring is 1. The van der Waals surface area contributed by atoms with Gasteiger partial charge in [-0.1, -0.05) is 28.1 Å². The minimum absolute atomic E-state index is 0.781. The van der Waals surface area contributed by atoms with Crippen molar-refractivity contribution < 1.29 is 4.58 Å². The fourth-order valence-corrected chi connectivity index (χ4v) is 3.43. The summed E-state index contributed by atoms with van der Waals surface area (Å²) in [5.41, 5.74) is 7.92. The third-order valence-electron chi connectivity index (χ3n) is 3.07. The molecule has 96 valence electrons. The number of hydrogen-bond donors (Lipinski definition) is 1. The molecule has 1 aromatic carbocycles. The summed E-state index contributed by atoms with van der Waals surface area (Å²) in [6.45, 7) is 4.87. The Balaban J connectivity index is 2.35. The normalized spacial score (nSPS) is 17.4. The lowest BCUT2D eigenvalue weighted by atomic mass is 10.1. The zero-order chi connectivity index (χ0) is 13.1. The van der Waals surface area contributed by atoms with E-state index in [2.05, 4.69) is 49.2 Å². The Morgan fingerprint density at radius 1 is 1.44 bits per heavy atom. The highest BCUT2D eigenvalue weighted by atomic mass is 79.9. The topological polar surface area (TPSA) is 29.0 Å². The lowest BCUT2D eigenvalue weighted by Gasteiger charge is -2.15. The molecular formula is C14H16Br2N2. The van der Waals surface area contributed by atoms with Crippen molar-refractivity contribution in [1.82, 2.24) is 0 Å². The summed E-state index contributed by atoms with van der Waals surface area (Å²) < 4.78 is 4.25. The zero-order valence-corrected chi connectivity index (χ0v) is 13.3. The van der Waals surface area contributed by atoms with Crippen LogP contribution in [0.25, 0.3) is 0 Å².